The third-order valence-electron chi connectivity index (χ3n) is 3.13. The number of nitrogens with zero attached hydrogens (tertiary/aromatic N) is 3. The van der Waals surface area contributed by atoms with Crippen molar-refractivity contribution < 1.29 is 24.5 Å². The first-order valence-electron chi connectivity index (χ1n) is 7.71. The van der Waals surface area contributed by atoms with Gasteiger partial charge in [0.15, 0.2) is 0 Å². The lowest BCUT2D eigenvalue weighted by Crippen LogP contribution is -2.38. The van der Waals surface area contributed by atoms with Gasteiger partial charge in [-0.1, -0.05) is 0 Å². The summed E-state index contributed by atoms with van der Waals surface area (Å²) in [5.41, 5.74) is -0.578. The lowest BCUT2D eigenvalue weighted by atomic mass is 10.2. The van der Waals surface area contributed by atoms with Crippen LogP contribution in [0, 0.1) is 0 Å². The number of halogens is 1. The Morgan fingerprint density at radius 1 is 1.36 bits per heavy atom. The van der Waals surface area contributed by atoms with E-state index >= 15 is 0 Å². The smallest absolute Gasteiger partial charge is 0.465 e. The Bertz CT molecular complexity index is 576. The molecule has 1 fully saturated rings. The minimum absolute atomic E-state index is 0.0137. The van der Waals surface area contributed by atoms with E-state index in [4.69, 9.17) is 10.2 Å². The fourth-order valence-electron chi connectivity index (χ4n) is 2.17. The average Bonchev–Trinajstić information content (AvgIpc) is 2.93. The monoisotopic (exact) mass is 418 g/mol. The lowest BCUT2D eigenvalue weighted by molar-refractivity contribution is 0.0150. The molecule has 2 heterocycles. The van der Waals surface area contributed by atoms with E-state index in [0.29, 0.717) is 19.0 Å². The maximum absolute atomic E-state index is 10.9. The number of anilines is 1. The number of amides is 1. The van der Waals surface area contributed by atoms with Crippen molar-refractivity contribution in [3.05, 3.63) is 16.9 Å². The number of hydrogen-bond acceptors (Lipinski definition) is 6. The van der Waals surface area contributed by atoms with E-state index < -0.39 is 17.8 Å². The zero-order chi connectivity index (χ0) is 19.0. The molecule has 3 N–H and O–H groups in total. The van der Waals surface area contributed by atoms with E-state index in [2.05, 4.69) is 36.0 Å². The summed E-state index contributed by atoms with van der Waals surface area (Å²) in [6, 6.07) is 0.0137. The quantitative estimate of drug-likeness (QED) is 0.638. The van der Waals surface area contributed by atoms with Crippen molar-refractivity contribution >= 4 is 34.1 Å². The molecule has 0 aliphatic carbocycles. The van der Waals surface area contributed by atoms with Crippen molar-refractivity contribution in [2.75, 3.05) is 18.4 Å². The largest absolute Gasteiger partial charge is 0.506 e. The molecule has 1 amide bonds. The second-order valence-corrected chi connectivity index (χ2v) is 7.27. The number of rotatable bonds is 3. The molecule has 0 saturated carbocycles. The van der Waals surface area contributed by atoms with Crippen LogP contribution < -0.4 is 5.32 Å². The highest BCUT2D eigenvalue weighted by molar-refractivity contribution is 9.10. The Balaban J connectivity index is 0.000000333. The van der Waals surface area contributed by atoms with E-state index in [9.17, 15) is 9.59 Å². The van der Waals surface area contributed by atoms with Crippen LogP contribution in [0.2, 0.25) is 0 Å². The number of hydrogen-bond donors (Lipinski definition) is 3. The van der Waals surface area contributed by atoms with Crippen molar-refractivity contribution in [1.29, 1.82) is 0 Å². The van der Waals surface area contributed by atoms with E-state index in [1.807, 2.05) is 0 Å². The SMILES string of the molecule is CC(C)(C)OC(=O)O.O=C(O)N1CCC[C@H]1CNc1ncc(Br)cn1. The van der Waals surface area contributed by atoms with Gasteiger partial charge in [0.1, 0.15) is 5.60 Å². The van der Waals surface area contributed by atoms with Crippen LogP contribution in [0.15, 0.2) is 16.9 Å². The summed E-state index contributed by atoms with van der Waals surface area (Å²) in [5.74, 6) is 0.519. The maximum atomic E-state index is 10.9. The molecule has 0 bridgehead atoms. The van der Waals surface area contributed by atoms with Gasteiger partial charge in [-0.25, -0.2) is 19.6 Å². The van der Waals surface area contributed by atoms with Gasteiger partial charge in [0, 0.05) is 25.5 Å². The van der Waals surface area contributed by atoms with E-state index in [1.54, 1.807) is 33.2 Å². The zero-order valence-corrected chi connectivity index (χ0v) is 16.0. The highest BCUT2D eigenvalue weighted by Crippen LogP contribution is 2.17. The zero-order valence-electron chi connectivity index (χ0n) is 14.4. The van der Waals surface area contributed by atoms with Gasteiger partial charge >= 0.3 is 12.2 Å². The third-order valence-corrected chi connectivity index (χ3v) is 3.54. The summed E-state index contributed by atoms with van der Waals surface area (Å²) in [7, 11) is 0. The second kappa shape index (κ2) is 9.40. The molecular formula is C15H23BrN4O5. The first kappa shape index (κ1) is 20.9. The van der Waals surface area contributed by atoms with Crippen LogP contribution in [0.1, 0.15) is 33.6 Å². The molecule has 1 atom stereocenters. The van der Waals surface area contributed by atoms with E-state index in [0.717, 1.165) is 17.3 Å². The Hall–Kier alpha value is -2.10. The standard InChI is InChI=1S/C10H13BrN4O2.C5H10O3/c11-7-4-12-9(13-5-7)14-6-8-2-1-3-15(8)10(16)17;1-5(2,3)8-4(6)7/h4-5,8H,1-3,6H2,(H,16,17)(H,12,13,14);1-3H3,(H,6,7)/t8-;/m0./s1. The number of carbonyl (C=O) groups is 2. The molecule has 1 aromatic heterocycles. The molecule has 25 heavy (non-hydrogen) atoms. The molecular weight excluding hydrogens is 396 g/mol. The predicted molar refractivity (Wildman–Crippen MR) is 94.8 cm³/mol. The minimum Gasteiger partial charge on any atom is -0.465 e. The molecule has 0 unspecified atom stereocenters. The first-order valence-corrected chi connectivity index (χ1v) is 8.50. The molecule has 1 aromatic rings. The van der Waals surface area contributed by atoms with E-state index in [1.165, 1.54) is 4.90 Å². The Kier molecular flexibility index (Phi) is 7.88. The van der Waals surface area contributed by atoms with Gasteiger partial charge in [0.05, 0.1) is 10.5 Å². The highest BCUT2D eigenvalue weighted by atomic mass is 79.9. The second-order valence-electron chi connectivity index (χ2n) is 6.36. The minimum atomic E-state index is -1.22. The molecule has 140 valence electrons. The van der Waals surface area contributed by atoms with Gasteiger partial charge in [-0.15, -0.1) is 0 Å². The summed E-state index contributed by atoms with van der Waals surface area (Å²) in [4.78, 5) is 30.3. The summed E-state index contributed by atoms with van der Waals surface area (Å²) in [6.45, 7) is 6.21. The topological polar surface area (TPSA) is 125 Å². The molecule has 10 heteroatoms. The maximum Gasteiger partial charge on any atom is 0.506 e. The van der Waals surface area contributed by atoms with Crippen molar-refractivity contribution in [2.24, 2.45) is 0 Å². The van der Waals surface area contributed by atoms with E-state index in [-0.39, 0.29) is 6.04 Å². The summed E-state index contributed by atoms with van der Waals surface area (Å²) >= 11 is 3.25. The van der Waals surface area contributed by atoms with Crippen LogP contribution in [-0.2, 0) is 4.74 Å². The summed E-state index contributed by atoms with van der Waals surface area (Å²) in [5, 5.41) is 20.1. The number of nitrogens with one attached hydrogen (secondary N) is 1. The molecule has 0 aromatic carbocycles. The predicted octanol–water partition coefficient (Wildman–Crippen LogP) is 3.27. The van der Waals surface area contributed by atoms with Crippen LogP contribution >= 0.6 is 15.9 Å². The summed E-state index contributed by atoms with van der Waals surface area (Å²) < 4.78 is 5.17. The van der Waals surface area contributed by atoms with Gasteiger partial charge in [-0.2, -0.15) is 0 Å². The average molecular weight is 419 g/mol. The Labute approximate surface area is 154 Å². The number of ether oxygens (including phenoxy) is 1. The van der Waals surface area contributed by atoms with Gasteiger partial charge < -0.3 is 25.2 Å². The fourth-order valence-corrected chi connectivity index (χ4v) is 2.38. The Morgan fingerprint density at radius 2 is 1.96 bits per heavy atom. The lowest BCUT2D eigenvalue weighted by Gasteiger charge is -2.21. The number of carboxylic acid groups (broad SMARTS) is 2. The fraction of sp³-hybridized carbons (Fsp3) is 0.600. The van der Waals surface area contributed by atoms with Gasteiger partial charge in [-0.05, 0) is 49.5 Å². The molecule has 2 rings (SSSR count). The normalized spacial score (nSPS) is 16.6. The molecule has 9 nitrogen and oxygen atoms in total. The number of aromatic nitrogens is 2. The first-order chi connectivity index (χ1) is 11.6. The molecule has 0 spiro atoms. The summed E-state index contributed by atoms with van der Waals surface area (Å²) in [6.07, 6.45) is 3.02. The van der Waals surface area contributed by atoms with Crippen molar-refractivity contribution in [1.82, 2.24) is 14.9 Å². The van der Waals surface area contributed by atoms with Crippen LogP contribution in [0.3, 0.4) is 0 Å². The molecule has 1 saturated heterocycles. The van der Waals surface area contributed by atoms with Gasteiger partial charge in [0.2, 0.25) is 5.95 Å². The van der Waals surface area contributed by atoms with Crippen LogP contribution in [0.25, 0.3) is 0 Å². The van der Waals surface area contributed by atoms with Crippen molar-refractivity contribution in [3.63, 3.8) is 0 Å². The third kappa shape index (κ3) is 8.52. The van der Waals surface area contributed by atoms with Crippen LogP contribution in [0.5, 0.6) is 0 Å². The van der Waals surface area contributed by atoms with Gasteiger partial charge in [0.25, 0.3) is 0 Å². The number of likely N-dealkylation sites (tertiary alicyclic amines) is 1. The Morgan fingerprint density at radius 3 is 2.40 bits per heavy atom. The van der Waals surface area contributed by atoms with Gasteiger partial charge in [-0.3, -0.25) is 0 Å². The van der Waals surface area contributed by atoms with Crippen molar-refractivity contribution in [3.8, 4) is 0 Å². The van der Waals surface area contributed by atoms with Crippen molar-refractivity contribution in [2.45, 2.75) is 45.3 Å². The van der Waals surface area contributed by atoms with Crippen LogP contribution in [0.4, 0.5) is 15.5 Å². The molecule has 1 aliphatic heterocycles. The van der Waals surface area contributed by atoms with Crippen LogP contribution in [-0.4, -0.2) is 62.1 Å². The molecule has 1 aliphatic rings. The highest BCUT2D eigenvalue weighted by Gasteiger charge is 2.28. The molecule has 0 radical (unpaired) electrons.